The number of rotatable bonds is 9. The van der Waals surface area contributed by atoms with Crippen molar-refractivity contribution in [1.29, 1.82) is 5.26 Å². The molecule has 0 atom stereocenters. The second-order valence-electron chi connectivity index (χ2n) is 7.78. The van der Waals surface area contributed by atoms with Crippen LogP contribution >= 0.6 is 0 Å². The van der Waals surface area contributed by atoms with E-state index in [1.807, 2.05) is 62.5 Å². The topological polar surface area (TPSA) is 102 Å². The summed E-state index contributed by atoms with van der Waals surface area (Å²) in [5, 5.41) is 21.1. The predicted octanol–water partition coefficient (Wildman–Crippen LogP) is 4.96. The number of anilines is 1. The van der Waals surface area contributed by atoms with Crippen molar-refractivity contribution >= 4 is 23.2 Å². The Morgan fingerprint density at radius 3 is 2.42 bits per heavy atom. The number of carbonyl (C=O) groups is 1. The number of carbonyl (C=O) groups excluding carboxylic acids is 1. The van der Waals surface area contributed by atoms with Gasteiger partial charge < -0.3 is 19.4 Å². The van der Waals surface area contributed by atoms with E-state index in [0.29, 0.717) is 41.0 Å². The Balaban J connectivity index is 1.53. The van der Waals surface area contributed by atoms with Crippen molar-refractivity contribution in [3.8, 4) is 29.0 Å². The van der Waals surface area contributed by atoms with E-state index >= 15 is 0 Å². The molecule has 0 fully saturated rings. The van der Waals surface area contributed by atoms with E-state index in [4.69, 9.17) is 9.47 Å². The van der Waals surface area contributed by atoms with Crippen molar-refractivity contribution in [3.05, 3.63) is 90.3 Å². The van der Waals surface area contributed by atoms with Crippen LogP contribution in [-0.4, -0.2) is 33.9 Å². The normalized spacial score (nSPS) is 11.0. The summed E-state index contributed by atoms with van der Waals surface area (Å²) in [6, 6.07) is 26.3. The van der Waals surface area contributed by atoms with Crippen LogP contribution in [0.2, 0.25) is 0 Å². The zero-order chi connectivity index (χ0) is 25.3. The molecule has 1 heterocycles. The molecule has 1 amide bonds. The highest BCUT2D eigenvalue weighted by atomic mass is 16.5. The second-order valence-corrected chi connectivity index (χ2v) is 7.78. The van der Waals surface area contributed by atoms with E-state index in [-0.39, 0.29) is 12.5 Å². The Bertz CT molecular complexity index is 1410. The van der Waals surface area contributed by atoms with Gasteiger partial charge in [-0.3, -0.25) is 4.79 Å². The first-order valence-corrected chi connectivity index (χ1v) is 11.4. The van der Waals surface area contributed by atoms with E-state index in [9.17, 15) is 10.1 Å². The Hall–Kier alpha value is -4.90. The van der Waals surface area contributed by atoms with Crippen LogP contribution in [-0.2, 0) is 11.8 Å². The highest BCUT2D eigenvalue weighted by molar-refractivity contribution is 5.92. The number of nitrogens with zero attached hydrogens (tertiary/aromatic N) is 4. The van der Waals surface area contributed by atoms with Crippen LogP contribution in [0.25, 0.3) is 23.0 Å². The minimum absolute atomic E-state index is 0.172. The Kier molecular flexibility index (Phi) is 7.73. The van der Waals surface area contributed by atoms with Gasteiger partial charge in [0, 0.05) is 18.3 Å². The number of nitriles is 1. The van der Waals surface area contributed by atoms with Crippen LogP contribution in [0.15, 0.2) is 78.9 Å². The Morgan fingerprint density at radius 2 is 1.72 bits per heavy atom. The SMILES string of the molecule is CCOc1cc(/C=C(\C#N)c2nnc(-c3ccccc3)n2C)ccc1OCC(=O)Nc1ccccc1. The molecule has 0 bridgehead atoms. The molecular weight excluding hydrogens is 454 g/mol. The molecule has 3 aromatic carbocycles. The van der Waals surface area contributed by atoms with Crippen molar-refractivity contribution in [2.75, 3.05) is 18.5 Å². The first-order chi connectivity index (χ1) is 17.6. The fourth-order valence-corrected chi connectivity index (χ4v) is 3.58. The maximum absolute atomic E-state index is 12.3. The standard InChI is InChI=1S/C28H25N5O3/c1-3-35-25-17-20(14-15-24(25)36-19-26(34)30-23-12-8-5-9-13-23)16-22(18-29)28-32-31-27(33(28)2)21-10-6-4-7-11-21/h4-17H,3,19H2,1-2H3,(H,30,34)/b22-16+. The molecule has 180 valence electrons. The smallest absolute Gasteiger partial charge is 0.262 e. The number of allylic oxidation sites excluding steroid dienone is 1. The number of amides is 1. The summed E-state index contributed by atoms with van der Waals surface area (Å²) in [7, 11) is 1.83. The summed E-state index contributed by atoms with van der Waals surface area (Å²) in [5.41, 5.74) is 2.68. The molecule has 0 radical (unpaired) electrons. The third kappa shape index (κ3) is 5.77. The monoisotopic (exact) mass is 479 g/mol. The van der Waals surface area contributed by atoms with Gasteiger partial charge >= 0.3 is 0 Å². The largest absolute Gasteiger partial charge is 0.490 e. The minimum atomic E-state index is -0.282. The van der Waals surface area contributed by atoms with Gasteiger partial charge in [0.05, 0.1) is 12.2 Å². The van der Waals surface area contributed by atoms with Crippen molar-refractivity contribution in [3.63, 3.8) is 0 Å². The highest BCUT2D eigenvalue weighted by Crippen LogP contribution is 2.30. The van der Waals surface area contributed by atoms with Gasteiger partial charge in [0.1, 0.15) is 6.07 Å². The molecule has 0 aliphatic carbocycles. The predicted molar refractivity (Wildman–Crippen MR) is 138 cm³/mol. The molecule has 1 aromatic heterocycles. The molecule has 8 heteroatoms. The van der Waals surface area contributed by atoms with Gasteiger partial charge in [-0.15, -0.1) is 10.2 Å². The second kappa shape index (κ2) is 11.5. The van der Waals surface area contributed by atoms with Gasteiger partial charge in [-0.25, -0.2) is 0 Å². The zero-order valence-electron chi connectivity index (χ0n) is 20.0. The number of benzene rings is 3. The number of para-hydroxylation sites is 1. The molecule has 4 rings (SSSR count). The molecule has 1 N–H and O–H groups in total. The molecule has 4 aromatic rings. The number of hydrogen-bond acceptors (Lipinski definition) is 6. The number of nitrogens with one attached hydrogen (secondary N) is 1. The van der Waals surface area contributed by atoms with Gasteiger partial charge in [0.2, 0.25) is 0 Å². The van der Waals surface area contributed by atoms with Gasteiger partial charge in [0.15, 0.2) is 29.8 Å². The van der Waals surface area contributed by atoms with Crippen molar-refractivity contribution < 1.29 is 14.3 Å². The van der Waals surface area contributed by atoms with Crippen LogP contribution in [0.5, 0.6) is 11.5 Å². The maximum atomic E-state index is 12.3. The Morgan fingerprint density at radius 1 is 1.00 bits per heavy atom. The molecule has 0 aliphatic heterocycles. The molecule has 0 saturated carbocycles. The van der Waals surface area contributed by atoms with Crippen LogP contribution < -0.4 is 14.8 Å². The average Bonchev–Trinajstić information content (AvgIpc) is 3.29. The highest BCUT2D eigenvalue weighted by Gasteiger charge is 2.15. The average molecular weight is 480 g/mol. The van der Waals surface area contributed by atoms with Crippen LogP contribution in [0.1, 0.15) is 18.3 Å². The quantitative estimate of drug-likeness (QED) is 0.340. The number of aromatic nitrogens is 3. The molecule has 0 aliphatic rings. The van der Waals surface area contributed by atoms with Crippen molar-refractivity contribution in [2.45, 2.75) is 6.92 Å². The minimum Gasteiger partial charge on any atom is -0.490 e. The van der Waals surface area contributed by atoms with E-state index in [2.05, 4.69) is 21.6 Å². The molecule has 8 nitrogen and oxygen atoms in total. The summed E-state index contributed by atoms with van der Waals surface area (Å²) in [4.78, 5) is 12.3. The fraction of sp³-hybridized carbons (Fsp3) is 0.143. The van der Waals surface area contributed by atoms with Gasteiger partial charge in [-0.1, -0.05) is 54.6 Å². The summed E-state index contributed by atoms with van der Waals surface area (Å²) >= 11 is 0. The molecular formula is C28H25N5O3. The van der Waals surface area contributed by atoms with Gasteiger partial charge in [-0.2, -0.15) is 5.26 Å². The zero-order valence-corrected chi connectivity index (χ0v) is 20.0. The Labute approximate surface area is 209 Å². The molecule has 36 heavy (non-hydrogen) atoms. The van der Waals surface area contributed by atoms with Crippen molar-refractivity contribution in [1.82, 2.24) is 14.8 Å². The third-order valence-corrected chi connectivity index (χ3v) is 5.26. The van der Waals surface area contributed by atoms with Gasteiger partial charge in [-0.05, 0) is 42.8 Å². The van der Waals surface area contributed by atoms with Crippen LogP contribution in [0.3, 0.4) is 0 Å². The molecule has 0 unspecified atom stereocenters. The van der Waals surface area contributed by atoms with E-state index in [0.717, 1.165) is 11.1 Å². The number of ether oxygens (including phenoxy) is 2. The lowest BCUT2D eigenvalue weighted by molar-refractivity contribution is -0.118. The third-order valence-electron chi connectivity index (χ3n) is 5.26. The summed E-state index contributed by atoms with van der Waals surface area (Å²) in [6.45, 7) is 2.10. The fourth-order valence-electron chi connectivity index (χ4n) is 3.58. The van der Waals surface area contributed by atoms with E-state index in [1.165, 1.54) is 0 Å². The summed E-state index contributed by atoms with van der Waals surface area (Å²) in [6.07, 6.45) is 1.72. The first kappa shape index (κ1) is 24.2. The maximum Gasteiger partial charge on any atom is 0.262 e. The van der Waals surface area contributed by atoms with E-state index in [1.54, 1.807) is 41.0 Å². The first-order valence-electron chi connectivity index (χ1n) is 11.4. The van der Waals surface area contributed by atoms with Crippen molar-refractivity contribution in [2.24, 2.45) is 7.05 Å². The molecule has 0 spiro atoms. The lowest BCUT2D eigenvalue weighted by Crippen LogP contribution is -2.20. The van der Waals surface area contributed by atoms with Gasteiger partial charge in [0.25, 0.3) is 5.91 Å². The van der Waals surface area contributed by atoms with E-state index < -0.39 is 0 Å². The summed E-state index contributed by atoms with van der Waals surface area (Å²) < 4.78 is 13.2. The lowest BCUT2D eigenvalue weighted by Gasteiger charge is -2.13. The molecule has 0 saturated heterocycles. The number of hydrogen-bond donors (Lipinski definition) is 1. The summed E-state index contributed by atoms with van der Waals surface area (Å²) in [5.74, 6) is 1.74. The van der Waals surface area contributed by atoms with Crippen LogP contribution in [0.4, 0.5) is 5.69 Å². The van der Waals surface area contributed by atoms with Crippen LogP contribution in [0, 0.1) is 11.3 Å². The lowest BCUT2D eigenvalue weighted by atomic mass is 10.1.